The molecule has 0 unspecified atom stereocenters. The number of phenols is 1. The molecule has 0 aromatic heterocycles. The van der Waals surface area contributed by atoms with Crippen molar-refractivity contribution in [2.45, 2.75) is 26.2 Å². The molecule has 0 heterocycles. The molecular weight excluding hydrogens is 316 g/mol. The Balaban J connectivity index is 1.73. The summed E-state index contributed by atoms with van der Waals surface area (Å²) in [5.74, 6) is 0.921. The highest BCUT2D eigenvalue weighted by Crippen LogP contribution is 2.17. The van der Waals surface area contributed by atoms with E-state index in [2.05, 4.69) is 0 Å². The van der Waals surface area contributed by atoms with Gasteiger partial charge >= 0.3 is 5.97 Å². The van der Waals surface area contributed by atoms with Gasteiger partial charge in [0, 0.05) is 6.42 Å². The zero-order chi connectivity index (χ0) is 17.9. The van der Waals surface area contributed by atoms with Crippen LogP contribution in [0.3, 0.4) is 0 Å². The highest BCUT2D eigenvalue weighted by Gasteiger charge is 2.01. The Bertz CT molecular complexity index is 689. The minimum absolute atomic E-state index is 0.148. The first kappa shape index (κ1) is 18.6. The van der Waals surface area contributed by atoms with Gasteiger partial charge in [0.2, 0.25) is 0 Å². The van der Waals surface area contributed by atoms with Crippen molar-refractivity contribution >= 4 is 18.1 Å². The molecule has 0 aliphatic carbocycles. The van der Waals surface area contributed by atoms with Gasteiger partial charge in [-0.25, -0.2) is 0 Å². The minimum Gasteiger partial charge on any atom is -0.508 e. The third kappa shape index (κ3) is 7.12. The summed E-state index contributed by atoms with van der Waals surface area (Å²) in [6.07, 6.45) is 5.96. The fraction of sp³-hybridized carbons (Fsp3) is 0.286. The molecule has 0 amide bonds. The first-order valence-corrected chi connectivity index (χ1v) is 8.53. The summed E-state index contributed by atoms with van der Waals surface area (Å²) in [4.78, 5) is 11.2. The maximum atomic E-state index is 11.2. The highest BCUT2D eigenvalue weighted by molar-refractivity contribution is 5.70. The molecule has 132 valence electrons. The van der Waals surface area contributed by atoms with Crippen LogP contribution in [0.5, 0.6) is 11.5 Å². The van der Waals surface area contributed by atoms with E-state index in [9.17, 15) is 9.90 Å². The Morgan fingerprint density at radius 1 is 1.04 bits per heavy atom. The molecule has 0 saturated heterocycles. The standard InChI is InChI=1S/C21H24O4/c1-2-24-21(23)8-3-4-15-25-20-13-11-17(12-14-20)9-10-18-6-5-7-19(22)16-18/h5-7,9-14,16,22H,2-4,8,15H2,1H3/b10-9+. The number of hydrogen-bond acceptors (Lipinski definition) is 4. The Labute approximate surface area is 148 Å². The van der Waals surface area contributed by atoms with Gasteiger partial charge in [-0.3, -0.25) is 4.79 Å². The zero-order valence-corrected chi connectivity index (χ0v) is 14.5. The van der Waals surface area contributed by atoms with Crippen LogP contribution in [0.15, 0.2) is 48.5 Å². The monoisotopic (exact) mass is 340 g/mol. The topological polar surface area (TPSA) is 55.8 Å². The second-order valence-corrected chi connectivity index (χ2v) is 5.61. The van der Waals surface area contributed by atoms with Gasteiger partial charge in [0.15, 0.2) is 0 Å². The average Bonchev–Trinajstić information content (AvgIpc) is 2.61. The van der Waals surface area contributed by atoms with Crippen molar-refractivity contribution in [1.82, 2.24) is 0 Å². The molecule has 0 radical (unpaired) electrons. The molecule has 2 rings (SSSR count). The third-order valence-corrected chi connectivity index (χ3v) is 3.57. The Kier molecular flexibility index (Phi) is 7.57. The van der Waals surface area contributed by atoms with Gasteiger partial charge in [0.25, 0.3) is 0 Å². The van der Waals surface area contributed by atoms with Crippen LogP contribution >= 0.6 is 0 Å². The van der Waals surface area contributed by atoms with E-state index in [1.54, 1.807) is 12.1 Å². The second kappa shape index (κ2) is 10.2. The summed E-state index contributed by atoms with van der Waals surface area (Å²) in [7, 11) is 0. The molecular formula is C21H24O4. The largest absolute Gasteiger partial charge is 0.508 e. The molecule has 0 bridgehead atoms. The number of esters is 1. The van der Waals surface area contributed by atoms with Crippen LogP contribution < -0.4 is 4.74 Å². The summed E-state index contributed by atoms with van der Waals surface area (Å²) >= 11 is 0. The zero-order valence-electron chi connectivity index (χ0n) is 14.5. The normalized spacial score (nSPS) is 10.8. The quantitative estimate of drug-likeness (QED) is 0.409. The molecule has 4 nitrogen and oxygen atoms in total. The summed E-state index contributed by atoms with van der Waals surface area (Å²) in [6.45, 7) is 2.82. The maximum absolute atomic E-state index is 11.2. The molecule has 0 aliphatic heterocycles. The van der Waals surface area contributed by atoms with Crippen LogP contribution in [-0.2, 0) is 9.53 Å². The lowest BCUT2D eigenvalue weighted by molar-refractivity contribution is -0.143. The minimum atomic E-state index is -0.148. The van der Waals surface area contributed by atoms with Crippen molar-refractivity contribution < 1.29 is 19.4 Å². The molecule has 2 aromatic carbocycles. The number of rotatable bonds is 9. The van der Waals surface area contributed by atoms with Crippen LogP contribution in [0, 0.1) is 0 Å². The summed E-state index contributed by atoms with van der Waals surface area (Å²) < 4.78 is 10.6. The van der Waals surface area contributed by atoms with Crippen molar-refractivity contribution in [3.63, 3.8) is 0 Å². The lowest BCUT2D eigenvalue weighted by Gasteiger charge is -2.06. The SMILES string of the molecule is CCOC(=O)CCCCOc1ccc(/C=C/c2cccc(O)c2)cc1. The van der Waals surface area contributed by atoms with Gasteiger partial charge in [-0.1, -0.05) is 36.4 Å². The highest BCUT2D eigenvalue weighted by atomic mass is 16.5. The van der Waals surface area contributed by atoms with Crippen LogP contribution in [0.25, 0.3) is 12.2 Å². The van der Waals surface area contributed by atoms with E-state index in [0.29, 0.717) is 19.6 Å². The van der Waals surface area contributed by atoms with E-state index < -0.39 is 0 Å². The molecule has 0 atom stereocenters. The fourth-order valence-corrected chi connectivity index (χ4v) is 2.29. The maximum Gasteiger partial charge on any atom is 0.305 e. The molecule has 4 heteroatoms. The molecule has 0 aliphatic rings. The molecule has 0 fully saturated rings. The Morgan fingerprint density at radius 3 is 2.52 bits per heavy atom. The first-order chi connectivity index (χ1) is 12.2. The molecule has 2 aromatic rings. The van der Waals surface area contributed by atoms with Crippen LogP contribution in [0.2, 0.25) is 0 Å². The van der Waals surface area contributed by atoms with Gasteiger partial charge < -0.3 is 14.6 Å². The van der Waals surface area contributed by atoms with E-state index in [1.807, 2.05) is 55.5 Å². The summed E-state index contributed by atoms with van der Waals surface area (Å²) in [5.41, 5.74) is 2.00. The van der Waals surface area contributed by atoms with E-state index in [1.165, 1.54) is 0 Å². The van der Waals surface area contributed by atoms with Crippen LogP contribution in [0.1, 0.15) is 37.3 Å². The number of benzene rings is 2. The number of hydrogen-bond donors (Lipinski definition) is 1. The molecule has 0 saturated carbocycles. The van der Waals surface area contributed by atoms with Gasteiger partial charge in [-0.2, -0.15) is 0 Å². The van der Waals surface area contributed by atoms with Gasteiger partial charge in [0.05, 0.1) is 13.2 Å². The van der Waals surface area contributed by atoms with E-state index >= 15 is 0 Å². The van der Waals surface area contributed by atoms with E-state index in [0.717, 1.165) is 29.7 Å². The lowest BCUT2D eigenvalue weighted by Crippen LogP contribution is -2.05. The van der Waals surface area contributed by atoms with Crippen molar-refractivity contribution in [3.05, 3.63) is 59.7 Å². The number of unbranched alkanes of at least 4 members (excludes halogenated alkanes) is 1. The van der Waals surface area contributed by atoms with Gasteiger partial charge in [-0.05, 0) is 55.2 Å². The predicted octanol–water partition coefficient (Wildman–Crippen LogP) is 4.67. The Hall–Kier alpha value is -2.75. The van der Waals surface area contributed by atoms with Crippen molar-refractivity contribution in [3.8, 4) is 11.5 Å². The van der Waals surface area contributed by atoms with Crippen LogP contribution in [0.4, 0.5) is 0 Å². The van der Waals surface area contributed by atoms with E-state index in [-0.39, 0.29) is 11.7 Å². The van der Waals surface area contributed by atoms with Gasteiger partial charge in [-0.15, -0.1) is 0 Å². The molecule has 1 N–H and O–H groups in total. The van der Waals surface area contributed by atoms with Crippen LogP contribution in [-0.4, -0.2) is 24.3 Å². The number of carbonyl (C=O) groups excluding carboxylic acids is 1. The lowest BCUT2D eigenvalue weighted by atomic mass is 10.1. The van der Waals surface area contributed by atoms with Gasteiger partial charge in [0.1, 0.15) is 11.5 Å². The smallest absolute Gasteiger partial charge is 0.305 e. The Morgan fingerprint density at radius 2 is 1.80 bits per heavy atom. The van der Waals surface area contributed by atoms with Crippen molar-refractivity contribution in [2.24, 2.45) is 0 Å². The predicted molar refractivity (Wildman–Crippen MR) is 99.5 cm³/mol. The molecule has 0 spiro atoms. The number of carbonyl (C=O) groups is 1. The number of ether oxygens (including phenoxy) is 2. The second-order valence-electron chi connectivity index (χ2n) is 5.61. The van der Waals surface area contributed by atoms with Crippen molar-refractivity contribution in [2.75, 3.05) is 13.2 Å². The third-order valence-electron chi connectivity index (χ3n) is 3.57. The first-order valence-electron chi connectivity index (χ1n) is 8.53. The van der Waals surface area contributed by atoms with E-state index in [4.69, 9.17) is 9.47 Å². The fourth-order valence-electron chi connectivity index (χ4n) is 2.29. The summed E-state index contributed by atoms with van der Waals surface area (Å²) in [5, 5.41) is 9.45. The number of aromatic hydroxyl groups is 1. The molecule has 25 heavy (non-hydrogen) atoms. The summed E-state index contributed by atoms with van der Waals surface area (Å²) in [6, 6.07) is 14.9. The van der Waals surface area contributed by atoms with Crippen molar-refractivity contribution in [1.29, 1.82) is 0 Å². The average molecular weight is 340 g/mol. The number of phenolic OH excluding ortho intramolecular Hbond substituents is 1.